The Morgan fingerprint density at radius 3 is 2.38 bits per heavy atom. The lowest BCUT2D eigenvalue weighted by Gasteiger charge is -2.14. The molecule has 0 radical (unpaired) electrons. The van der Waals surface area contributed by atoms with Gasteiger partial charge in [0, 0.05) is 12.6 Å². The number of rotatable bonds is 5. The predicted octanol–water partition coefficient (Wildman–Crippen LogP) is 2.77. The number of ether oxygens (including phenoxy) is 2. The van der Waals surface area contributed by atoms with Crippen LogP contribution in [0.4, 0.5) is 0 Å². The number of fused-ring (bicyclic) bond motifs is 1. The summed E-state index contributed by atoms with van der Waals surface area (Å²) in [4.78, 5) is 17.2. The smallest absolute Gasteiger partial charge is 0.261 e. The third-order valence-corrected chi connectivity index (χ3v) is 3.58. The molecule has 0 N–H and O–H groups in total. The topological polar surface area (TPSA) is 53.4 Å². The molecule has 114 valence electrons. The fraction of sp³-hybridized carbons (Fsp3) is 0.500. The van der Waals surface area contributed by atoms with Crippen molar-refractivity contribution in [2.24, 2.45) is 5.92 Å². The van der Waals surface area contributed by atoms with Crippen molar-refractivity contribution in [1.29, 1.82) is 0 Å². The molecule has 0 atom stereocenters. The summed E-state index contributed by atoms with van der Waals surface area (Å²) in [6.07, 6.45) is 0.946. The molecule has 5 nitrogen and oxygen atoms in total. The summed E-state index contributed by atoms with van der Waals surface area (Å²) in [5.74, 6) is 2.39. The highest BCUT2D eigenvalue weighted by Crippen LogP contribution is 2.30. The van der Waals surface area contributed by atoms with Crippen molar-refractivity contribution in [3.8, 4) is 11.5 Å². The van der Waals surface area contributed by atoms with Crippen LogP contribution < -0.4 is 15.0 Å². The first kappa shape index (κ1) is 15.4. The van der Waals surface area contributed by atoms with Crippen molar-refractivity contribution < 1.29 is 9.47 Å². The number of aryl methyl sites for hydroxylation is 1. The molecule has 0 unspecified atom stereocenters. The summed E-state index contributed by atoms with van der Waals surface area (Å²) >= 11 is 0. The van der Waals surface area contributed by atoms with Crippen LogP contribution in [0.5, 0.6) is 11.5 Å². The lowest BCUT2D eigenvalue weighted by atomic mass is 10.1. The van der Waals surface area contributed by atoms with Crippen LogP contribution in [0, 0.1) is 12.8 Å². The average molecular weight is 290 g/mol. The summed E-state index contributed by atoms with van der Waals surface area (Å²) in [6, 6.07) is 3.45. The first-order chi connectivity index (χ1) is 9.97. The van der Waals surface area contributed by atoms with Gasteiger partial charge in [0.1, 0.15) is 5.82 Å². The molecule has 21 heavy (non-hydrogen) atoms. The van der Waals surface area contributed by atoms with Gasteiger partial charge in [-0.05, 0) is 25.3 Å². The second-order valence-electron chi connectivity index (χ2n) is 5.52. The average Bonchev–Trinajstić information content (AvgIpc) is 2.45. The van der Waals surface area contributed by atoms with Gasteiger partial charge in [-0.2, -0.15) is 0 Å². The minimum Gasteiger partial charge on any atom is -0.493 e. The fourth-order valence-electron chi connectivity index (χ4n) is 2.31. The molecular weight excluding hydrogens is 268 g/mol. The van der Waals surface area contributed by atoms with E-state index in [2.05, 4.69) is 18.8 Å². The fourth-order valence-corrected chi connectivity index (χ4v) is 2.31. The van der Waals surface area contributed by atoms with E-state index in [1.165, 1.54) is 0 Å². The van der Waals surface area contributed by atoms with E-state index in [4.69, 9.17) is 9.47 Å². The van der Waals surface area contributed by atoms with Gasteiger partial charge in [-0.3, -0.25) is 9.36 Å². The minimum absolute atomic E-state index is 0.0286. The molecule has 0 aliphatic heterocycles. The molecule has 1 aromatic carbocycles. The molecule has 0 aliphatic rings. The van der Waals surface area contributed by atoms with E-state index >= 15 is 0 Å². The monoisotopic (exact) mass is 290 g/mol. The van der Waals surface area contributed by atoms with Crippen LogP contribution in [0.1, 0.15) is 26.1 Å². The maximum absolute atomic E-state index is 12.7. The number of aromatic nitrogens is 2. The van der Waals surface area contributed by atoms with Crippen molar-refractivity contribution in [1.82, 2.24) is 9.55 Å². The first-order valence-corrected chi connectivity index (χ1v) is 7.11. The molecule has 5 heteroatoms. The van der Waals surface area contributed by atoms with Crippen molar-refractivity contribution in [2.45, 2.75) is 33.7 Å². The molecule has 0 aliphatic carbocycles. The van der Waals surface area contributed by atoms with E-state index in [0.29, 0.717) is 34.9 Å². The largest absolute Gasteiger partial charge is 0.493 e. The lowest BCUT2D eigenvalue weighted by Crippen LogP contribution is -2.24. The van der Waals surface area contributed by atoms with Gasteiger partial charge in [-0.15, -0.1) is 0 Å². The van der Waals surface area contributed by atoms with Gasteiger partial charge in [0.2, 0.25) is 0 Å². The Balaban J connectivity index is 2.62. The standard InChI is InChI=1S/C16H22N2O3/c1-10(2)6-7-18-11(3)17-13-9-15(21-5)14(20-4)8-12(13)16(18)19/h8-10H,6-7H2,1-5H3. The number of nitrogens with zero attached hydrogens (tertiary/aromatic N) is 2. The number of hydrogen-bond donors (Lipinski definition) is 0. The normalized spacial score (nSPS) is 11.1. The molecule has 1 heterocycles. The van der Waals surface area contributed by atoms with E-state index in [1.54, 1.807) is 30.9 Å². The summed E-state index contributed by atoms with van der Waals surface area (Å²) in [7, 11) is 3.13. The number of benzene rings is 1. The van der Waals surface area contributed by atoms with Crippen LogP contribution in [0.15, 0.2) is 16.9 Å². The SMILES string of the molecule is COc1cc2nc(C)n(CCC(C)C)c(=O)c2cc1OC. The molecular formula is C16H22N2O3. The molecule has 0 fully saturated rings. The molecule has 0 spiro atoms. The molecule has 2 rings (SSSR count). The van der Waals surface area contributed by atoms with E-state index in [-0.39, 0.29) is 5.56 Å². The van der Waals surface area contributed by atoms with Crippen molar-refractivity contribution in [2.75, 3.05) is 14.2 Å². The zero-order chi connectivity index (χ0) is 15.6. The highest BCUT2D eigenvalue weighted by atomic mass is 16.5. The van der Waals surface area contributed by atoms with Gasteiger partial charge in [0.15, 0.2) is 11.5 Å². The quantitative estimate of drug-likeness (QED) is 0.849. The van der Waals surface area contributed by atoms with Crippen LogP contribution in [0.2, 0.25) is 0 Å². The molecule has 2 aromatic rings. The van der Waals surface area contributed by atoms with Crippen LogP contribution in [-0.4, -0.2) is 23.8 Å². The second-order valence-corrected chi connectivity index (χ2v) is 5.52. The zero-order valence-electron chi connectivity index (χ0n) is 13.3. The van der Waals surface area contributed by atoms with Crippen molar-refractivity contribution in [3.05, 3.63) is 28.3 Å². The van der Waals surface area contributed by atoms with Gasteiger partial charge in [0.05, 0.1) is 25.1 Å². The highest BCUT2D eigenvalue weighted by molar-refractivity contribution is 5.81. The maximum atomic E-state index is 12.7. The van der Waals surface area contributed by atoms with Crippen molar-refractivity contribution in [3.63, 3.8) is 0 Å². The Labute approximate surface area is 124 Å². The van der Waals surface area contributed by atoms with Gasteiger partial charge in [0.25, 0.3) is 5.56 Å². The highest BCUT2D eigenvalue weighted by Gasteiger charge is 2.13. The van der Waals surface area contributed by atoms with Crippen LogP contribution in [0.25, 0.3) is 10.9 Å². The van der Waals surface area contributed by atoms with E-state index < -0.39 is 0 Å². The zero-order valence-corrected chi connectivity index (χ0v) is 13.3. The Bertz CT molecular complexity index is 705. The molecule has 0 amide bonds. The molecule has 0 saturated carbocycles. The van der Waals surface area contributed by atoms with Gasteiger partial charge >= 0.3 is 0 Å². The molecule has 0 bridgehead atoms. The van der Waals surface area contributed by atoms with E-state index in [0.717, 1.165) is 12.2 Å². The first-order valence-electron chi connectivity index (χ1n) is 7.11. The van der Waals surface area contributed by atoms with E-state index in [9.17, 15) is 4.79 Å². The maximum Gasteiger partial charge on any atom is 0.261 e. The summed E-state index contributed by atoms with van der Waals surface area (Å²) in [6.45, 7) is 6.82. The Morgan fingerprint density at radius 2 is 1.81 bits per heavy atom. The summed E-state index contributed by atoms with van der Waals surface area (Å²) in [5, 5.41) is 0.557. The second kappa shape index (κ2) is 6.16. The minimum atomic E-state index is -0.0286. The lowest BCUT2D eigenvalue weighted by molar-refractivity contribution is 0.355. The third kappa shape index (κ3) is 3.01. The van der Waals surface area contributed by atoms with Gasteiger partial charge in [-0.25, -0.2) is 4.98 Å². The van der Waals surface area contributed by atoms with Crippen LogP contribution in [-0.2, 0) is 6.54 Å². The summed E-state index contributed by atoms with van der Waals surface area (Å²) < 4.78 is 12.3. The van der Waals surface area contributed by atoms with Crippen LogP contribution in [0.3, 0.4) is 0 Å². The Hall–Kier alpha value is -2.04. The third-order valence-electron chi connectivity index (χ3n) is 3.58. The Kier molecular flexibility index (Phi) is 4.50. The number of hydrogen-bond acceptors (Lipinski definition) is 4. The van der Waals surface area contributed by atoms with Gasteiger partial charge in [-0.1, -0.05) is 13.8 Å². The Morgan fingerprint density at radius 1 is 1.19 bits per heavy atom. The molecule has 0 saturated heterocycles. The van der Waals surface area contributed by atoms with E-state index in [1.807, 2.05) is 6.92 Å². The van der Waals surface area contributed by atoms with Gasteiger partial charge < -0.3 is 9.47 Å². The number of methoxy groups -OCH3 is 2. The molecule has 1 aromatic heterocycles. The van der Waals surface area contributed by atoms with Crippen molar-refractivity contribution >= 4 is 10.9 Å². The predicted molar refractivity (Wildman–Crippen MR) is 83.3 cm³/mol. The summed E-state index contributed by atoms with van der Waals surface area (Å²) in [5.41, 5.74) is 0.607. The van der Waals surface area contributed by atoms with Crippen LogP contribution >= 0.6 is 0 Å².